The number of aliphatic hydroxyl groups is 1. The molecule has 2 heterocycles. The summed E-state index contributed by atoms with van der Waals surface area (Å²) in [5.41, 5.74) is 3.21. The summed E-state index contributed by atoms with van der Waals surface area (Å²) in [6.07, 6.45) is 2.79. The molecular weight excluding hydrogens is 511 g/mol. The van der Waals surface area contributed by atoms with Crippen molar-refractivity contribution in [2.24, 2.45) is 11.8 Å². The molecule has 194 valence electrons. The topological polar surface area (TPSA) is 82.9 Å². The first kappa shape index (κ1) is 27.2. The van der Waals surface area contributed by atoms with Crippen molar-refractivity contribution in [3.63, 3.8) is 0 Å². The lowest BCUT2D eigenvalue weighted by Crippen LogP contribution is -2.44. The summed E-state index contributed by atoms with van der Waals surface area (Å²) in [7, 11) is 1.60. The summed E-state index contributed by atoms with van der Waals surface area (Å²) < 4.78 is 5.33. The SMILES string of the molecule is COc1ccc2nccc(C(O)CC[C@@H]3CCN(CC#Cc4c(C)cc(Cl)cc4Cl)C[C@@H]3C(=O)O)c2c1. The minimum atomic E-state index is -0.812. The van der Waals surface area contributed by atoms with Gasteiger partial charge in [0.15, 0.2) is 0 Å². The average Bonchev–Trinajstić information content (AvgIpc) is 2.88. The molecule has 2 aromatic carbocycles. The monoisotopic (exact) mass is 540 g/mol. The molecule has 1 aliphatic rings. The molecule has 0 spiro atoms. The van der Waals surface area contributed by atoms with Gasteiger partial charge in [-0.3, -0.25) is 14.7 Å². The van der Waals surface area contributed by atoms with Gasteiger partial charge in [0.05, 0.1) is 36.2 Å². The van der Waals surface area contributed by atoms with Gasteiger partial charge in [-0.1, -0.05) is 35.0 Å². The average molecular weight is 541 g/mol. The van der Waals surface area contributed by atoms with Crippen molar-refractivity contribution >= 4 is 40.1 Å². The molecule has 1 aliphatic heterocycles. The van der Waals surface area contributed by atoms with E-state index in [2.05, 4.69) is 21.7 Å². The van der Waals surface area contributed by atoms with Crippen LogP contribution in [0.4, 0.5) is 0 Å². The molecule has 37 heavy (non-hydrogen) atoms. The number of methoxy groups -OCH3 is 1. The zero-order valence-electron chi connectivity index (χ0n) is 20.9. The van der Waals surface area contributed by atoms with Crippen molar-refractivity contribution in [3.05, 3.63) is 69.3 Å². The molecule has 0 amide bonds. The lowest BCUT2D eigenvalue weighted by molar-refractivity contribution is -0.146. The first-order chi connectivity index (χ1) is 17.8. The molecule has 1 unspecified atom stereocenters. The van der Waals surface area contributed by atoms with E-state index in [1.807, 2.05) is 37.3 Å². The van der Waals surface area contributed by atoms with Crippen LogP contribution < -0.4 is 4.74 Å². The van der Waals surface area contributed by atoms with E-state index in [9.17, 15) is 15.0 Å². The second-order valence-electron chi connectivity index (χ2n) is 9.49. The molecule has 3 atom stereocenters. The Bertz CT molecular complexity index is 1330. The number of hydrogen-bond acceptors (Lipinski definition) is 5. The number of benzene rings is 2. The number of carboxylic acids is 1. The molecule has 1 fully saturated rings. The summed E-state index contributed by atoms with van der Waals surface area (Å²) in [5.74, 6) is 5.61. The van der Waals surface area contributed by atoms with Crippen molar-refractivity contribution in [1.29, 1.82) is 0 Å². The highest BCUT2D eigenvalue weighted by atomic mass is 35.5. The maximum absolute atomic E-state index is 12.1. The number of pyridine rings is 1. The minimum Gasteiger partial charge on any atom is -0.497 e. The third-order valence-electron chi connectivity index (χ3n) is 7.08. The summed E-state index contributed by atoms with van der Waals surface area (Å²) >= 11 is 12.3. The number of fused-ring (bicyclic) bond motifs is 1. The van der Waals surface area contributed by atoms with E-state index in [1.54, 1.807) is 19.4 Å². The van der Waals surface area contributed by atoms with Gasteiger partial charge in [-0.25, -0.2) is 0 Å². The van der Waals surface area contributed by atoms with Crippen molar-refractivity contribution in [2.45, 2.75) is 32.3 Å². The van der Waals surface area contributed by atoms with Gasteiger partial charge < -0.3 is 14.9 Å². The Labute approximate surface area is 227 Å². The van der Waals surface area contributed by atoms with E-state index in [0.29, 0.717) is 41.7 Å². The molecule has 0 aliphatic carbocycles. The largest absolute Gasteiger partial charge is 0.497 e. The quantitative estimate of drug-likeness (QED) is 0.371. The normalized spacial score (nSPS) is 18.7. The summed E-state index contributed by atoms with van der Waals surface area (Å²) in [4.78, 5) is 18.6. The van der Waals surface area contributed by atoms with Gasteiger partial charge in [0, 0.05) is 28.7 Å². The number of likely N-dealkylation sites (tertiary alicyclic amines) is 1. The number of aromatic nitrogens is 1. The number of carboxylic acid groups (broad SMARTS) is 1. The first-order valence-electron chi connectivity index (χ1n) is 12.3. The molecule has 0 saturated carbocycles. The van der Waals surface area contributed by atoms with Gasteiger partial charge >= 0.3 is 5.97 Å². The van der Waals surface area contributed by atoms with Crippen LogP contribution in [-0.4, -0.2) is 52.8 Å². The fourth-order valence-electron chi connectivity index (χ4n) is 5.03. The zero-order chi connectivity index (χ0) is 26.5. The highest BCUT2D eigenvalue weighted by molar-refractivity contribution is 6.35. The number of carbonyl (C=O) groups is 1. The van der Waals surface area contributed by atoms with E-state index >= 15 is 0 Å². The van der Waals surface area contributed by atoms with Gasteiger partial charge in [-0.05, 0) is 86.2 Å². The Kier molecular flexibility index (Phi) is 8.94. The van der Waals surface area contributed by atoms with E-state index in [4.69, 9.17) is 27.9 Å². The van der Waals surface area contributed by atoms with Crippen molar-refractivity contribution in [1.82, 2.24) is 9.88 Å². The van der Waals surface area contributed by atoms with Gasteiger partial charge in [0.2, 0.25) is 0 Å². The van der Waals surface area contributed by atoms with Crippen LogP contribution in [0.2, 0.25) is 10.0 Å². The van der Waals surface area contributed by atoms with Crippen LogP contribution in [0.3, 0.4) is 0 Å². The maximum Gasteiger partial charge on any atom is 0.308 e. The van der Waals surface area contributed by atoms with Gasteiger partial charge in [-0.15, -0.1) is 0 Å². The van der Waals surface area contributed by atoms with Crippen LogP contribution in [0.25, 0.3) is 10.9 Å². The molecule has 3 aromatic rings. The highest BCUT2D eigenvalue weighted by Crippen LogP contribution is 2.33. The third kappa shape index (κ3) is 6.55. The lowest BCUT2D eigenvalue weighted by atomic mass is 9.81. The van der Waals surface area contributed by atoms with E-state index in [-0.39, 0.29) is 5.92 Å². The highest BCUT2D eigenvalue weighted by Gasteiger charge is 2.34. The van der Waals surface area contributed by atoms with Crippen LogP contribution in [0.1, 0.15) is 42.1 Å². The van der Waals surface area contributed by atoms with Crippen LogP contribution in [0.5, 0.6) is 5.75 Å². The van der Waals surface area contributed by atoms with Crippen LogP contribution in [0.15, 0.2) is 42.6 Å². The molecular formula is C29H30Cl2N2O4. The third-order valence-corrected chi connectivity index (χ3v) is 7.59. The maximum atomic E-state index is 12.1. The van der Waals surface area contributed by atoms with E-state index in [1.165, 1.54) is 0 Å². The molecule has 4 rings (SSSR count). The number of halogens is 2. The van der Waals surface area contributed by atoms with E-state index in [0.717, 1.165) is 40.6 Å². The standard InChI is InChI=1S/C29H30Cl2N2O4/c1-18-14-20(30)15-26(31)22(18)4-3-12-33-13-10-19(25(17-33)29(35)36)5-8-28(34)23-9-11-32-27-7-6-21(37-2)16-24(23)27/h6-7,9,11,14-16,19,25,28,34H,5,8,10,12-13,17H2,1-2H3,(H,35,36)/t19-,25+,28?/m1/s1. The van der Waals surface area contributed by atoms with Crippen LogP contribution >= 0.6 is 23.2 Å². The number of rotatable bonds is 7. The molecule has 6 nitrogen and oxygen atoms in total. The summed E-state index contributed by atoms with van der Waals surface area (Å²) in [5, 5.41) is 22.9. The predicted molar refractivity (Wildman–Crippen MR) is 146 cm³/mol. The van der Waals surface area contributed by atoms with Crippen LogP contribution in [0, 0.1) is 30.6 Å². The number of aryl methyl sites for hydroxylation is 1. The smallest absolute Gasteiger partial charge is 0.308 e. The number of aliphatic carboxylic acids is 1. The van der Waals surface area contributed by atoms with Crippen LogP contribution in [-0.2, 0) is 4.79 Å². The molecule has 0 radical (unpaired) electrons. The Morgan fingerprint density at radius 2 is 2.08 bits per heavy atom. The molecule has 1 aromatic heterocycles. The van der Waals surface area contributed by atoms with E-state index < -0.39 is 18.0 Å². The number of piperidine rings is 1. The second-order valence-corrected chi connectivity index (χ2v) is 10.3. The zero-order valence-corrected chi connectivity index (χ0v) is 22.4. The Morgan fingerprint density at radius 3 is 2.81 bits per heavy atom. The number of hydrogen-bond donors (Lipinski definition) is 2. The number of nitrogens with zero attached hydrogens (tertiary/aromatic N) is 2. The van der Waals surface area contributed by atoms with Gasteiger partial charge in [-0.2, -0.15) is 0 Å². The van der Waals surface area contributed by atoms with Crippen molar-refractivity contribution in [3.8, 4) is 17.6 Å². The van der Waals surface area contributed by atoms with Gasteiger partial charge in [0.1, 0.15) is 5.75 Å². The Morgan fingerprint density at radius 1 is 1.27 bits per heavy atom. The molecule has 1 saturated heterocycles. The Balaban J connectivity index is 1.39. The number of aliphatic hydroxyl groups excluding tert-OH is 1. The molecule has 2 N–H and O–H groups in total. The second kappa shape index (κ2) is 12.1. The molecule has 8 heteroatoms. The summed E-state index contributed by atoms with van der Waals surface area (Å²) in [6, 6.07) is 10.9. The fraction of sp³-hybridized carbons (Fsp3) is 0.379. The summed E-state index contributed by atoms with van der Waals surface area (Å²) in [6.45, 7) is 3.55. The van der Waals surface area contributed by atoms with Crippen molar-refractivity contribution < 1.29 is 19.7 Å². The van der Waals surface area contributed by atoms with Crippen molar-refractivity contribution in [2.75, 3.05) is 26.7 Å². The fourth-order valence-corrected chi connectivity index (χ4v) is 5.67. The number of ether oxygens (including phenoxy) is 1. The predicted octanol–water partition coefficient (Wildman–Crippen LogP) is 5.75. The molecule has 0 bridgehead atoms. The van der Waals surface area contributed by atoms with Gasteiger partial charge in [0.25, 0.3) is 0 Å². The minimum absolute atomic E-state index is 0.0213. The Hall–Kier alpha value is -2.82. The lowest BCUT2D eigenvalue weighted by Gasteiger charge is -2.36. The first-order valence-corrected chi connectivity index (χ1v) is 13.0.